The molecule has 0 radical (unpaired) electrons. The smallest absolute Gasteiger partial charge is 0.227 e. The highest BCUT2D eigenvalue weighted by Gasteiger charge is 2.28. The van der Waals surface area contributed by atoms with Crippen molar-refractivity contribution in [3.63, 3.8) is 0 Å². The Hall–Kier alpha value is -2.95. The largest absolute Gasteiger partial charge is 0.309 e. The quantitative estimate of drug-likeness (QED) is 0.633. The van der Waals surface area contributed by atoms with Gasteiger partial charge in [0.2, 0.25) is 5.91 Å². The number of nitrogens with zero attached hydrogens (tertiary/aromatic N) is 3. The molecule has 0 saturated heterocycles. The van der Waals surface area contributed by atoms with E-state index >= 15 is 0 Å². The predicted molar refractivity (Wildman–Crippen MR) is 113 cm³/mol. The lowest BCUT2D eigenvalue weighted by Gasteiger charge is -2.35. The van der Waals surface area contributed by atoms with E-state index in [0.717, 1.165) is 46.7 Å². The molecule has 0 bridgehead atoms. The molecule has 1 amide bonds. The van der Waals surface area contributed by atoms with Gasteiger partial charge in [-0.05, 0) is 87.6 Å². The zero-order chi connectivity index (χ0) is 20.5. The van der Waals surface area contributed by atoms with Crippen molar-refractivity contribution in [2.24, 2.45) is 0 Å². The van der Waals surface area contributed by atoms with Gasteiger partial charge in [-0.1, -0.05) is 12.1 Å². The van der Waals surface area contributed by atoms with Crippen molar-refractivity contribution < 1.29 is 9.18 Å². The number of benzene rings is 2. The van der Waals surface area contributed by atoms with Crippen LogP contribution >= 0.6 is 0 Å². The summed E-state index contributed by atoms with van der Waals surface area (Å²) in [6, 6.07) is 15.1. The first-order valence-electron chi connectivity index (χ1n) is 10.2. The second-order valence-corrected chi connectivity index (χ2v) is 7.93. The molecular formula is C24H26FN3O. The number of anilines is 1. The fourth-order valence-electron chi connectivity index (χ4n) is 4.17. The van der Waals surface area contributed by atoms with E-state index in [1.807, 2.05) is 35.6 Å². The van der Waals surface area contributed by atoms with Crippen LogP contribution in [0, 0.1) is 19.7 Å². The van der Waals surface area contributed by atoms with Crippen LogP contribution in [0.3, 0.4) is 0 Å². The highest BCUT2D eigenvalue weighted by Crippen LogP contribution is 2.32. The normalized spacial score (nSPS) is 16.0. The summed E-state index contributed by atoms with van der Waals surface area (Å²) in [5, 5.41) is 4.51. The third-order valence-corrected chi connectivity index (χ3v) is 5.66. The van der Waals surface area contributed by atoms with Crippen molar-refractivity contribution in [1.82, 2.24) is 9.78 Å². The highest BCUT2D eigenvalue weighted by atomic mass is 19.1. The van der Waals surface area contributed by atoms with Crippen molar-refractivity contribution in [3.05, 3.63) is 76.9 Å². The molecule has 29 heavy (non-hydrogen) atoms. The average molecular weight is 391 g/mol. The fraction of sp³-hybridized carbons (Fsp3) is 0.333. The van der Waals surface area contributed by atoms with E-state index in [-0.39, 0.29) is 17.8 Å². The molecule has 4 nitrogen and oxygen atoms in total. The zero-order valence-electron chi connectivity index (χ0n) is 17.2. The van der Waals surface area contributed by atoms with Crippen LogP contribution in [0.1, 0.15) is 42.3 Å². The summed E-state index contributed by atoms with van der Waals surface area (Å²) in [6.07, 6.45) is 2.78. The molecule has 0 fully saturated rings. The maximum absolute atomic E-state index is 13.6. The molecule has 4 rings (SSSR count). The third kappa shape index (κ3) is 3.95. The Kier molecular flexibility index (Phi) is 5.22. The number of halogens is 1. The molecule has 1 atom stereocenters. The molecule has 3 aromatic rings. The van der Waals surface area contributed by atoms with E-state index < -0.39 is 0 Å². The first-order chi connectivity index (χ1) is 13.9. The molecule has 0 N–H and O–H groups in total. The number of aromatic nitrogens is 2. The van der Waals surface area contributed by atoms with E-state index in [1.54, 1.807) is 12.1 Å². The lowest BCUT2D eigenvalue weighted by molar-refractivity contribution is -0.119. The molecular weight excluding hydrogens is 365 g/mol. The summed E-state index contributed by atoms with van der Waals surface area (Å²) in [4.78, 5) is 14.8. The summed E-state index contributed by atoms with van der Waals surface area (Å²) in [7, 11) is 0. The average Bonchev–Trinajstić information content (AvgIpc) is 3.04. The van der Waals surface area contributed by atoms with E-state index in [4.69, 9.17) is 0 Å². The van der Waals surface area contributed by atoms with Crippen molar-refractivity contribution in [2.45, 2.75) is 52.5 Å². The minimum atomic E-state index is -0.242. The number of fused-ring (bicyclic) bond motifs is 1. The monoisotopic (exact) mass is 391 g/mol. The molecule has 0 spiro atoms. The maximum Gasteiger partial charge on any atom is 0.227 e. The minimum absolute atomic E-state index is 0.0904. The van der Waals surface area contributed by atoms with E-state index in [9.17, 15) is 9.18 Å². The second kappa shape index (κ2) is 7.82. The lowest BCUT2D eigenvalue weighted by Crippen LogP contribution is -2.42. The van der Waals surface area contributed by atoms with Gasteiger partial charge in [0.1, 0.15) is 5.82 Å². The van der Waals surface area contributed by atoms with Crippen LogP contribution in [0.4, 0.5) is 10.1 Å². The third-order valence-electron chi connectivity index (χ3n) is 5.66. The predicted octanol–water partition coefficient (Wildman–Crippen LogP) is 4.93. The summed E-state index contributed by atoms with van der Waals surface area (Å²) in [5.41, 5.74) is 6.01. The Morgan fingerprint density at radius 2 is 1.90 bits per heavy atom. The molecule has 1 unspecified atom stereocenters. The van der Waals surface area contributed by atoms with Crippen molar-refractivity contribution in [1.29, 1.82) is 0 Å². The summed E-state index contributed by atoms with van der Waals surface area (Å²) < 4.78 is 15.5. The van der Waals surface area contributed by atoms with Crippen molar-refractivity contribution >= 4 is 11.6 Å². The number of rotatable bonds is 4. The first-order valence-corrected chi connectivity index (χ1v) is 10.2. The summed E-state index contributed by atoms with van der Waals surface area (Å²) in [6.45, 7) is 6.08. The summed E-state index contributed by atoms with van der Waals surface area (Å²) >= 11 is 0. The van der Waals surface area contributed by atoms with Gasteiger partial charge in [0, 0.05) is 23.8 Å². The first kappa shape index (κ1) is 19.4. The molecule has 1 aliphatic rings. The lowest BCUT2D eigenvalue weighted by atomic mass is 9.95. The Bertz CT molecular complexity index is 1040. The van der Waals surface area contributed by atoms with Crippen LogP contribution in [-0.4, -0.2) is 21.7 Å². The van der Waals surface area contributed by atoms with Gasteiger partial charge in [-0.15, -0.1) is 0 Å². The highest BCUT2D eigenvalue weighted by molar-refractivity contribution is 5.95. The van der Waals surface area contributed by atoms with Gasteiger partial charge < -0.3 is 4.90 Å². The van der Waals surface area contributed by atoms with Crippen molar-refractivity contribution in [3.8, 4) is 5.69 Å². The Labute approximate surface area is 171 Å². The van der Waals surface area contributed by atoms with E-state index in [0.29, 0.717) is 12.8 Å². The maximum atomic E-state index is 13.6. The van der Waals surface area contributed by atoms with Gasteiger partial charge >= 0.3 is 0 Å². The number of aryl methyl sites for hydroxylation is 4. The van der Waals surface area contributed by atoms with Crippen LogP contribution in [0.2, 0.25) is 0 Å². The molecule has 2 heterocycles. The topological polar surface area (TPSA) is 38.1 Å². The van der Waals surface area contributed by atoms with Gasteiger partial charge in [-0.2, -0.15) is 5.10 Å². The van der Waals surface area contributed by atoms with Gasteiger partial charge in [0.15, 0.2) is 0 Å². The number of hydrogen-bond acceptors (Lipinski definition) is 2. The Morgan fingerprint density at radius 1 is 1.14 bits per heavy atom. The second-order valence-electron chi connectivity index (χ2n) is 7.93. The summed E-state index contributed by atoms with van der Waals surface area (Å²) in [5.74, 6) is -0.152. The molecule has 1 aliphatic heterocycles. The van der Waals surface area contributed by atoms with Crippen LogP contribution in [-0.2, 0) is 17.6 Å². The SMILES string of the molecule is Cc1cc(C)n(-c2ccc(CCC(=O)N3c4ccc(F)cc4CCC3C)cc2)n1. The number of hydrogen-bond donors (Lipinski definition) is 0. The van der Waals surface area contributed by atoms with E-state index in [1.165, 1.54) is 6.07 Å². The molecule has 0 aliphatic carbocycles. The molecule has 0 saturated carbocycles. The van der Waals surface area contributed by atoms with Gasteiger partial charge in [0.05, 0.1) is 11.4 Å². The minimum Gasteiger partial charge on any atom is -0.309 e. The molecule has 5 heteroatoms. The number of carbonyl (C=O) groups excluding carboxylic acids is 1. The van der Waals surface area contributed by atoms with Crippen LogP contribution in [0.25, 0.3) is 5.69 Å². The zero-order valence-corrected chi connectivity index (χ0v) is 17.2. The van der Waals surface area contributed by atoms with Gasteiger partial charge in [-0.3, -0.25) is 4.79 Å². The molecule has 1 aromatic heterocycles. The number of carbonyl (C=O) groups is 1. The Balaban J connectivity index is 1.45. The Morgan fingerprint density at radius 3 is 2.59 bits per heavy atom. The standard InChI is InChI=1S/C24H26FN3O/c1-16-14-18(3)28(26-16)22-10-5-19(6-11-22)7-13-24(29)27-17(2)4-8-20-15-21(25)9-12-23(20)27/h5-6,9-12,14-15,17H,4,7-8,13H2,1-3H3. The molecule has 2 aromatic carbocycles. The fourth-order valence-corrected chi connectivity index (χ4v) is 4.17. The van der Waals surface area contributed by atoms with E-state index in [2.05, 4.69) is 30.2 Å². The molecule has 150 valence electrons. The van der Waals surface area contributed by atoms with Crippen molar-refractivity contribution in [2.75, 3.05) is 4.90 Å². The van der Waals surface area contributed by atoms with Crippen LogP contribution < -0.4 is 4.90 Å². The van der Waals surface area contributed by atoms with Crippen LogP contribution in [0.15, 0.2) is 48.5 Å². The van der Waals surface area contributed by atoms with Gasteiger partial charge in [0.25, 0.3) is 0 Å². The van der Waals surface area contributed by atoms with Crippen LogP contribution in [0.5, 0.6) is 0 Å². The number of amides is 1. The van der Waals surface area contributed by atoms with Gasteiger partial charge in [-0.25, -0.2) is 9.07 Å².